The van der Waals surface area contributed by atoms with Crippen molar-refractivity contribution in [2.75, 3.05) is 11.1 Å². The van der Waals surface area contributed by atoms with Gasteiger partial charge in [0.1, 0.15) is 0 Å². The molecule has 4 heteroatoms. The Labute approximate surface area is 135 Å². The molecule has 4 nitrogen and oxygen atoms in total. The number of nitrogens with two attached hydrogens (primary N) is 1. The lowest BCUT2D eigenvalue weighted by Crippen LogP contribution is -2.45. The van der Waals surface area contributed by atoms with Crippen LogP contribution in [0.3, 0.4) is 0 Å². The van der Waals surface area contributed by atoms with Gasteiger partial charge in [-0.1, -0.05) is 42.5 Å². The van der Waals surface area contributed by atoms with Gasteiger partial charge >= 0.3 is 5.97 Å². The first-order chi connectivity index (χ1) is 11.1. The number of carboxylic acid groups (broad SMARTS) is 1. The second-order valence-corrected chi connectivity index (χ2v) is 5.62. The van der Waals surface area contributed by atoms with Crippen LogP contribution in [0.1, 0.15) is 12.0 Å². The first kappa shape index (κ1) is 14.9. The van der Waals surface area contributed by atoms with Crippen LogP contribution in [0.25, 0.3) is 5.57 Å². The smallest absolute Gasteiger partial charge is 0.333 e. The Morgan fingerprint density at radius 3 is 2.43 bits per heavy atom. The first-order valence-corrected chi connectivity index (χ1v) is 7.40. The summed E-state index contributed by atoms with van der Waals surface area (Å²) < 4.78 is 0. The van der Waals surface area contributed by atoms with Crippen LogP contribution in [0.5, 0.6) is 0 Å². The number of nitrogen functional groups attached to an aromatic ring is 1. The third-order valence-electron chi connectivity index (χ3n) is 3.95. The van der Waals surface area contributed by atoms with E-state index >= 15 is 0 Å². The van der Waals surface area contributed by atoms with Crippen molar-refractivity contribution in [2.45, 2.75) is 12.0 Å². The second-order valence-electron chi connectivity index (χ2n) is 5.62. The molecule has 1 unspecified atom stereocenters. The molecule has 0 bridgehead atoms. The predicted octanol–water partition coefficient (Wildman–Crippen LogP) is 3.55. The van der Waals surface area contributed by atoms with Crippen LogP contribution in [0.15, 0.2) is 72.8 Å². The van der Waals surface area contributed by atoms with Crippen molar-refractivity contribution in [2.24, 2.45) is 0 Å². The molecule has 0 heterocycles. The van der Waals surface area contributed by atoms with Gasteiger partial charge in [-0.15, -0.1) is 0 Å². The Morgan fingerprint density at radius 1 is 1.09 bits per heavy atom. The molecule has 0 spiro atoms. The Kier molecular flexibility index (Phi) is 3.89. The maximum absolute atomic E-state index is 12.0. The van der Waals surface area contributed by atoms with E-state index in [0.717, 1.165) is 16.8 Å². The third-order valence-corrected chi connectivity index (χ3v) is 3.95. The van der Waals surface area contributed by atoms with Crippen LogP contribution in [0.2, 0.25) is 0 Å². The highest BCUT2D eigenvalue weighted by Crippen LogP contribution is 2.33. The van der Waals surface area contributed by atoms with Gasteiger partial charge in [-0.05, 0) is 41.5 Å². The van der Waals surface area contributed by atoms with E-state index < -0.39 is 11.5 Å². The molecule has 23 heavy (non-hydrogen) atoms. The topological polar surface area (TPSA) is 75.3 Å². The first-order valence-electron chi connectivity index (χ1n) is 7.40. The molecule has 1 aliphatic rings. The van der Waals surface area contributed by atoms with Crippen molar-refractivity contribution >= 4 is 22.9 Å². The van der Waals surface area contributed by atoms with Gasteiger partial charge < -0.3 is 16.2 Å². The summed E-state index contributed by atoms with van der Waals surface area (Å²) in [5.41, 5.74) is 7.96. The molecule has 116 valence electrons. The molecular formula is C19H18N2O2. The van der Waals surface area contributed by atoms with Crippen molar-refractivity contribution in [3.63, 3.8) is 0 Å². The van der Waals surface area contributed by atoms with Gasteiger partial charge in [0.05, 0.1) is 0 Å². The lowest BCUT2D eigenvalue weighted by atomic mass is 9.83. The van der Waals surface area contributed by atoms with Gasteiger partial charge in [-0.25, -0.2) is 4.79 Å². The minimum Gasteiger partial charge on any atom is -0.479 e. The number of nitrogens with one attached hydrogen (secondary N) is 1. The van der Waals surface area contributed by atoms with Gasteiger partial charge in [-0.3, -0.25) is 0 Å². The number of aliphatic carboxylic acids is 1. The largest absolute Gasteiger partial charge is 0.479 e. The SMILES string of the molecule is Nc1ccc(C2=CC=CC(Nc3ccccc3)(C(=O)O)C2)cc1. The van der Waals surface area contributed by atoms with Crippen LogP contribution in [-0.2, 0) is 4.79 Å². The normalized spacial score (nSPS) is 19.9. The van der Waals surface area contributed by atoms with Crippen LogP contribution in [0.4, 0.5) is 11.4 Å². The molecule has 4 N–H and O–H groups in total. The summed E-state index contributed by atoms with van der Waals surface area (Å²) in [4.78, 5) is 12.0. The van der Waals surface area contributed by atoms with Crippen molar-refractivity contribution in [3.05, 3.63) is 78.4 Å². The summed E-state index contributed by atoms with van der Waals surface area (Å²) in [6, 6.07) is 16.8. The van der Waals surface area contributed by atoms with Gasteiger partial charge in [0.25, 0.3) is 0 Å². The zero-order valence-corrected chi connectivity index (χ0v) is 12.6. The van der Waals surface area contributed by atoms with E-state index in [1.54, 1.807) is 12.2 Å². The van der Waals surface area contributed by atoms with Gasteiger partial charge in [-0.2, -0.15) is 0 Å². The highest BCUT2D eigenvalue weighted by Gasteiger charge is 2.38. The van der Waals surface area contributed by atoms with E-state index in [0.29, 0.717) is 12.1 Å². The quantitative estimate of drug-likeness (QED) is 0.755. The molecular weight excluding hydrogens is 288 g/mol. The van der Waals surface area contributed by atoms with Crippen LogP contribution >= 0.6 is 0 Å². The molecule has 0 amide bonds. The zero-order chi connectivity index (χ0) is 16.3. The number of benzene rings is 2. The van der Waals surface area contributed by atoms with Gasteiger partial charge in [0.15, 0.2) is 5.54 Å². The molecule has 1 aliphatic carbocycles. The average molecular weight is 306 g/mol. The lowest BCUT2D eigenvalue weighted by Gasteiger charge is -2.31. The summed E-state index contributed by atoms with van der Waals surface area (Å²) in [5, 5.41) is 13.0. The number of para-hydroxylation sites is 1. The van der Waals surface area contributed by atoms with Crippen LogP contribution in [0, 0.1) is 0 Å². The average Bonchev–Trinajstić information content (AvgIpc) is 2.56. The molecule has 3 rings (SSSR count). The molecule has 2 aromatic carbocycles. The van der Waals surface area contributed by atoms with Crippen molar-refractivity contribution in [3.8, 4) is 0 Å². The summed E-state index contributed by atoms with van der Waals surface area (Å²) in [7, 11) is 0. The van der Waals surface area contributed by atoms with Gasteiger partial charge in [0, 0.05) is 17.8 Å². The highest BCUT2D eigenvalue weighted by atomic mass is 16.4. The molecule has 0 saturated carbocycles. The van der Waals surface area contributed by atoms with Crippen molar-refractivity contribution in [1.82, 2.24) is 0 Å². The Bertz CT molecular complexity index is 764. The standard InChI is InChI=1S/C19H18N2O2/c20-16-10-8-14(9-11-16)15-5-4-12-19(13-15,18(22)23)21-17-6-2-1-3-7-17/h1-12,21H,13,20H2,(H,22,23). The van der Waals surface area contributed by atoms with Crippen LogP contribution in [-0.4, -0.2) is 16.6 Å². The Hall–Kier alpha value is -3.01. The molecule has 0 aliphatic heterocycles. The number of anilines is 2. The number of rotatable bonds is 4. The van der Waals surface area contributed by atoms with E-state index in [4.69, 9.17) is 5.73 Å². The highest BCUT2D eigenvalue weighted by molar-refractivity contribution is 5.90. The minimum absolute atomic E-state index is 0.359. The lowest BCUT2D eigenvalue weighted by molar-refractivity contribution is -0.140. The molecule has 0 radical (unpaired) electrons. The second kappa shape index (κ2) is 6.01. The minimum atomic E-state index is -1.16. The molecule has 2 aromatic rings. The summed E-state index contributed by atoms with van der Waals surface area (Å²) in [6.45, 7) is 0. The maximum Gasteiger partial charge on any atom is 0.333 e. The number of hydrogen-bond donors (Lipinski definition) is 3. The summed E-state index contributed by atoms with van der Waals surface area (Å²) >= 11 is 0. The van der Waals surface area contributed by atoms with Gasteiger partial charge in [0.2, 0.25) is 0 Å². The third kappa shape index (κ3) is 3.11. The number of hydrogen-bond acceptors (Lipinski definition) is 3. The predicted molar refractivity (Wildman–Crippen MR) is 93.0 cm³/mol. The fourth-order valence-electron chi connectivity index (χ4n) is 2.71. The molecule has 0 saturated heterocycles. The van der Waals surface area contributed by atoms with E-state index in [2.05, 4.69) is 5.32 Å². The summed E-state index contributed by atoms with van der Waals surface area (Å²) in [5.74, 6) is -0.904. The van der Waals surface area contributed by atoms with E-state index in [-0.39, 0.29) is 0 Å². The van der Waals surface area contributed by atoms with Crippen LogP contribution < -0.4 is 11.1 Å². The van der Waals surface area contributed by atoms with Crippen molar-refractivity contribution < 1.29 is 9.90 Å². The maximum atomic E-state index is 12.0. The number of carboxylic acids is 1. The van der Waals surface area contributed by atoms with E-state index in [9.17, 15) is 9.90 Å². The Morgan fingerprint density at radius 2 is 1.78 bits per heavy atom. The Balaban J connectivity index is 1.91. The summed E-state index contributed by atoms with van der Waals surface area (Å²) in [6.07, 6.45) is 5.79. The van der Waals surface area contributed by atoms with Crippen molar-refractivity contribution in [1.29, 1.82) is 0 Å². The number of allylic oxidation sites excluding steroid dienone is 2. The molecule has 0 aromatic heterocycles. The number of carbonyl (C=O) groups is 1. The zero-order valence-electron chi connectivity index (χ0n) is 12.6. The fraction of sp³-hybridized carbons (Fsp3) is 0.105. The van der Waals surface area contributed by atoms with E-state index in [1.807, 2.05) is 60.7 Å². The fourth-order valence-corrected chi connectivity index (χ4v) is 2.71. The van der Waals surface area contributed by atoms with E-state index in [1.165, 1.54) is 0 Å². The monoisotopic (exact) mass is 306 g/mol. The molecule has 1 atom stereocenters. The molecule has 0 fully saturated rings.